The predicted molar refractivity (Wildman–Crippen MR) is 60.5 cm³/mol. The Morgan fingerprint density at radius 3 is 3.12 bits per heavy atom. The molecule has 0 saturated heterocycles. The highest BCUT2D eigenvalue weighted by Gasteiger charge is 2.10. The molecule has 80 valence electrons. The molecular weight excluding hydrogens is 224 g/mol. The Morgan fingerprint density at radius 2 is 2.31 bits per heavy atom. The van der Waals surface area contributed by atoms with Crippen LogP contribution in [0.2, 0.25) is 0 Å². The number of hydrogen-bond donors (Lipinski definition) is 2. The van der Waals surface area contributed by atoms with Gasteiger partial charge < -0.3 is 5.11 Å². The van der Waals surface area contributed by atoms with Crippen LogP contribution in [-0.2, 0) is 6.42 Å². The van der Waals surface area contributed by atoms with Gasteiger partial charge in [0, 0.05) is 6.42 Å². The van der Waals surface area contributed by atoms with Crippen LogP contribution in [0.1, 0.15) is 11.3 Å². The van der Waals surface area contributed by atoms with E-state index in [0.29, 0.717) is 11.8 Å². The van der Waals surface area contributed by atoms with E-state index in [4.69, 9.17) is 0 Å². The van der Waals surface area contributed by atoms with Crippen molar-refractivity contribution in [1.29, 1.82) is 0 Å². The van der Waals surface area contributed by atoms with Gasteiger partial charge in [-0.1, -0.05) is 0 Å². The summed E-state index contributed by atoms with van der Waals surface area (Å²) in [7, 11) is 0. The normalized spacial score (nSPS) is 11.0. The average molecular weight is 232 g/mol. The molecule has 0 radical (unpaired) electrons. The second-order valence-electron chi connectivity index (χ2n) is 3.44. The number of rotatable bonds is 2. The second-order valence-corrected chi connectivity index (χ2v) is 4.22. The van der Waals surface area contributed by atoms with Gasteiger partial charge in [-0.3, -0.25) is 5.10 Å². The smallest absolute Gasteiger partial charge is 0.242 e. The van der Waals surface area contributed by atoms with Crippen LogP contribution in [0.3, 0.4) is 0 Å². The standard InChI is InChI=1S/C10H8N4OS/c15-10-7-4-11-13-9(7)8(12-14-10)3-6-1-2-16-5-6/h1-2,4-5H,3H2,(H,11,13)(H,14,15). The lowest BCUT2D eigenvalue weighted by Crippen LogP contribution is -1.95. The van der Waals surface area contributed by atoms with Crippen molar-refractivity contribution >= 4 is 22.2 Å². The Bertz CT molecular complexity index is 617. The molecule has 5 nitrogen and oxygen atoms in total. The Labute approximate surface area is 94.8 Å². The molecule has 0 aliphatic rings. The quantitative estimate of drug-likeness (QED) is 0.705. The molecule has 0 saturated carbocycles. The summed E-state index contributed by atoms with van der Waals surface area (Å²) in [6.07, 6.45) is 2.24. The van der Waals surface area contributed by atoms with E-state index in [-0.39, 0.29) is 5.88 Å². The molecule has 3 aromatic heterocycles. The molecule has 0 atom stereocenters. The average Bonchev–Trinajstić information content (AvgIpc) is 2.92. The Hall–Kier alpha value is -1.95. The summed E-state index contributed by atoms with van der Waals surface area (Å²) in [6, 6.07) is 2.04. The molecule has 3 rings (SSSR count). The largest absolute Gasteiger partial charge is 0.492 e. The van der Waals surface area contributed by atoms with Gasteiger partial charge in [0.25, 0.3) is 0 Å². The summed E-state index contributed by atoms with van der Waals surface area (Å²) in [5.41, 5.74) is 2.73. The van der Waals surface area contributed by atoms with E-state index in [1.54, 1.807) is 17.5 Å². The summed E-state index contributed by atoms with van der Waals surface area (Å²) >= 11 is 1.65. The third-order valence-corrected chi connectivity index (χ3v) is 3.12. The van der Waals surface area contributed by atoms with Crippen molar-refractivity contribution in [2.24, 2.45) is 0 Å². The van der Waals surface area contributed by atoms with Crippen LogP contribution in [0.25, 0.3) is 10.9 Å². The highest BCUT2D eigenvalue weighted by Crippen LogP contribution is 2.23. The van der Waals surface area contributed by atoms with E-state index in [0.717, 1.165) is 11.2 Å². The first kappa shape index (κ1) is 9.29. The van der Waals surface area contributed by atoms with Crippen LogP contribution in [-0.4, -0.2) is 25.5 Å². The van der Waals surface area contributed by atoms with Crippen LogP contribution in [0.15, 0.2) is 23.0 Å². The number of hydrogen-bond acceptors (Lipinski definition) is 5. The van der Waals surface area contributed by atoms with E-state index >= 15 is 0 Å². The van der Waals surface area contributed by atoms with Gasteiger partial charge in [0.2, 0.25) is 5.88 Å². The van der Waals surface area contributed by atoms with Gasteiger partial charge in [0.15, 0.2) is 0 Å². The van der Waals surface area contributed by atoms with Gasteiger partial charge in [-0.05, 0) is 22.4 Å². The third kappa shape index (κ3) is 1.43. The van der Waals surface area contributed by atoms with Gasteiger partial charge in [-0.15, -0.1) is 10.2 Å². The minimum atomic E-state index is -0.0854. The fourth-order valence-electron chi connectivity index (χ4n) is 1.60. The molecule has 0 unspecified atom stereocenters. The summed E-state index contributed by atoms with van der Waals surface area (Å²) in [5, 5.41) is 28.6. The van der Waals surface area contributed by atoms with E-state index in [1.165, 1.54) is 5.56 Å². The van der Waals surface area contributed by atoms with Crippen LogP contribution in [0.5, 0.6) is 5.88 Å². The second kappa shape index (κ2) is 3.57. The maximum Gasteiger partial charge on any atom is 0.242 e. The molecule has 3 heterocycles. The fraction of sp³-hybridized carbons (Fsp3) is 0.100. The lowest BCUT2D eigenvalue weighted by Gasteiger charge is -2.00. The number of fused-ring (bicyclic) bond motifs is 1. The first-order valence-electron chi connectivity index (χ1n) is 4.73. The predicted octanol–water partition coefficient (Wildman–Crippen LogP) is 1.71. The van der Waals surface area contributed by atoms with Crippen molar-refractivity contribution in [2.75, 3.05) is 0 Å². The van der Waals surface area contributed by atoms with E-state index in [2.05, 4.69) is 25.8 Å². The molecular formula is C10H8N4OS. The topological polar surface area (TPSA) is 74.7 Å². The molecule has 16 heavy (non-hydrogen) atoms. The van der Waals surface area contributed by atoms with Crippen LogP contribution in [0.4, 0.5) is 0 Å². The molecule has 0 fully saturated rings. The zero-order chi connectivity index (χ0) is 11.0. The molecule has 6 heteroatoms. The monoisotopic (exact) mass is 232 g/mol. The van der Waals surface area contributed by atoms with E-state index < -0.39 is 0 Å². The number of nitrogens with zero attached hydrogens (tertiary/aromatic N) is 3. The Kier molecular flexibility index (Phi) is 2.07. The molecule has 0 aliphatic carbocycles. The number of H-pyrrole nitrogens is 1. The Balaban J connectivity index is 2.10. The van der Waals surface area contributed by atoms with Crippen molar-refractivity contribution in [2.45, 2.75) is 6.42 Å². The SMILES string of the molecule is Oc1nnc(Cc2ccsc2)c2[nH]ncc12. The lowest BCUT2D eigenvalue weighted by atomic mass is 10.1. The van der Waals surface area contributed by atoms with Crippen molar-refractivity contribution < 1.29 is 5.11 Å². The molecule has 0 amide bonds. The minimum absolute atomic E-state index is 0.0854. The van der Waals surface area contributed by atoms with Crippen molar-refractivity contribution in [3.05, 3.63) is 34.3 Å². The summed E-state index contributed by atoms with van der Waals surface area (Å²) in [4.78, 5) is 0. The molecule has 0 bridgehead atoms. The first-order chi connectivity index (χ1) is 7.84. The summed E-state index contributed by atoms with van der Waals surface area (Å²) in [6.45, 7) is 0. The molecule has 0 spiro atoms. The van der Waals surface area contributed by atoms with Gasteiger partial charge in [-0.25, -0.2) is 0 Å². The van der Waals surface area contributed by atoms with Crippen LogP contribution in [0, 0.1) is 0 Å². The third-order valence-electron chi connectivity index (χ3n) is 2.39. The van der Waals surface area contributed by atoms with Crippen molar-refractivity contribution in [1.82, 2.24) is 20.4 Å². The zero-order valence-corrected chi connectivity index (χ0v) is 9.03. The van der Waals surface area contributed by atoms with Crippen LogP contribution >= 0.6 is 11.3 Å². The Morgan fingerprint density at radius 1 is 1.38 bits per heavy atom. The highest BCUT2D eigenvalue weighted by atomic mass is 32.1. The molecule has 0 aliphatic heterocycles. The van der Waals surface area contributed by atoms with Gasteiger partial charge in [-0.2, -0.15) is 16.4 Å². The number of thiophene rings is 1. The van der Waals surface area contributed by atoms with E-state index in [9.17, 15) is 5.11 Å². The van der Waals surface area contributed by atoms with Crippen LogP contribution < -0.4 is 0 Å². The summed E-state index contributed by atoms with van der Waals surface area (Å²) in [5.74, 6) is -0.0854. The van der Waals surface area contributed by atoms with Crippen molar-refractivity contribution in [3.8, 4) is 5.88 Å². The maximum absolute atomic E-state index is 9.48. The number of aromatic amines is 1. The highest BCUT2D eigenvalue weighted by molar-refractivity contribution is 7.07. The number of nitrogens with one attached hydrogen (secondary N) is 1. The maximum atomic E-state index is 9.48. The molecule has 0 aromatic carbocycles. The zero-order valence-electron chi connectivity index (χ0n) is 8.21. The number of aromatic nitrogens is 4. The lowest BCUT2D eigenvalue weighted by molar-refractivity contribution is 0.451. The van der Waals surface area contributed by atoms with Gasteiger partial charge in [0.05, 0.1) is 22.8 Å². The first-order valence-corrected chi connectivity index (χ1v) is 5.67. The summed E-state index contributed by atoms with van der Waals surface area (Å²) < 4.78 is 0. The van der Waals surface area contributed by atoms with Gasteiger partial charge >= 0.3 is 0 Å². The number of aromatic hydroxyl groups is 1. The molecule has 3 aromatic rings. The fourth-order valence-corrected chi connectivity index (χ4v) is 2.27. The van der Waals surface area contributed by atoms with Crippen molar-refractivity contribution in [3.63, 3.8) is 0 Å². The van der Waals surface area contributed by atoms with Gasteiger partial charge in [0.1, 0.15) is 0 Å². The van der Waals surface area contributed by atoms with E-state index in [1.807, 2.05) is 11.4 Å². The molecule has 2 N–H and O–H groups in total. The minimum Gasteiger partial charge on any atom is -0.492 e.